The highest BCUT2D eigenvalue weighted by molar-refractivity contribution is 14.1. The van der Waals surface area contributed by atoms with E-state index < -0.39 is 0 Å². The third-order valence-electron chi connectivity index (χ3n) is 2.24. The second-order valence-electron chi connectivity index (χ2n) is 3.70. The summed E-state index contributed by atoms with van der Waals surface area (Å²) in [6.07, 6.45) is 1.73. The van der Waals surface area contributed by atoms with Gasteiger partial charge in [0.1, 0.15) is 5.82 Å². The average molecular weight is 343 g/mol. The summed E-state index contributed by atoms with van der Waals surface area (Å²) in [5.41, 5.74) is 8.21. The molecule has 2 aromatic rings. The molecule has 1 aromatic heterocycles. The maximum atomic E-state index is 12.9. The maximum absolute atomic E-state index is 12.9. The highest BCUT2D eigenvalue weighted by Gasteiger charge is 2.05. The van der Waals surface area contributed by atoms with Crippen molar-refractivity contribution in [3.63, 3.8) is 0 Å². The van der Waals surface area contributed by atoms with Crippen molar-refractivity contribution in [3.8, 4) is 0 Å². The van der Waals surface area contributed by atoms with E-state index in [4.69, 9.17) is 5.73 Å². The molecular formula is C12H11FIN3. The van der Waals surface area contributed by atoms with Crippen molar-refractivity contribution in [3.05, 3.63) is 45.4 Å². The van der Waals surface area contributed by atoms with E-state index in [1.54, 1.807) is 12.3 Å². The van der Waals surface area contributed by atoms with Crippen LogP contribution in [-0.2, 0) is 0 Å². The summed E-state index contributed by atoms with van der Waals surface area (Å²) in [5, 5.41) is 3.08. The topological polar surface area (TPSA) is 50.9 Å². The summed E-state index contributed by atoms with van der Waals surface area (Å²) in [6.45, 7) is 1.93. The number of halogens is 2. The van der Waals surface area contributed by atoms with E-state index in [0.29, 0.717) is 11.5 Å². The van der Waals surface area contributed by atoms with Crippen molar-refractivity contribution in [1.82, 2.24) is 4.98 Å². The van der Waals surface area contributed by atoms with Crippen LogP contribution in [0.5, 0.6) is 0 Å². The van der Waals surface area contributed by atoms with Gasteiger partial charge in [0.05, 0.1) is 11.4 Å². The first kappa shape index (κ1) is 12.1. The Balaban J connectivity index is 2.31. The molecule has 1 heterocycles. The predicted octanol–water partition coefficient (Wildman–Crippen LogP) is 3.46. The number of nitrogens with two attached hydrogens (primary N) is 1. The van der Waals surface area contributed by atoms with Crippen LogP contribution >= 0.6 is 22.6 Å². The minimum atomic E-state index is -0.259. The molecule has 0 bridgehead atoms. The van der Waals surface area contributed by atoms with Crippen LogP contribution in [0.25, 0.3) is 0 Å². The lowest BCUT2D eigenvalue weighted by Crippen LogP contribution is -2.01. The number of pyridine rings is 1. The van der Waals surface area contributed by atoms with Crippen molar-refractivity contribution >= 4 is 39.8 Å². The number of aromatic nitrogens is 1. The van der Waals surface area contributed by atoms with Crippen molar-refractivity contribution < 1.29 is 4.39 Å². The van der Waals surface area contributed by atoms with Gasteiger partial charge >= 0.3 is 0 Å². The Morgan fingerprint density at radius 3 is 2.76 bits per heavy atom. The van der Waals surface area contributed by atoms with E-state index in [1.807, 2.05) is 13.0 Å². The third kappa shape index (κ3) is 2.85. The van der Waals surface area contributed by atoms with Gasteiger partial charge in [0.15, 0.2) is 5.82 Å². The number of aryl methyl sites for hydroxylation is 1. The SMILES string of the molecule is Cc1cnc(Nc2ccc(F)cc2I)c(N)c1. The van der Waals surface area contributed by atoms with Gasteiger partial charge in [0.2, 0.25) is 0 Å². The average Bonchev–Trinajstić information content (AvgIpc) is 2.25. The molecule has 0 aliphatic carbocycles. The highest BCUT2D eigenvalue weighted by atomic mass is 127. The van der Waals surface area contributed by atoms with Gasteiger partial charge in [-0.15, -0.1) is 0 Å². The molecule has 17 heavy (non-hydrogen) atoms. The molecular weight excluding hydrogens is 332 g/mol. The third-order valence-corrected chi connectivity index (χ3v) is 3.13. The molecule has 0 spiro atoms. The Labute approximate surface area is 112 Å². The van der Waals surface area contributed by atoms with Crippen LogP contribution in [0.1, 0.15) is 5.56 Å². The van der Waals surface area contributed by atoms with Gasteiger partial charge in [-0.2, -0.15) is 0 Å². The van der Waals surface area contributed by atoms with Crippen LogP contribution in [0, 0.1) is 16.3 Å². The fourth-order valence-electron chi connectivity index (χ4n) is 1.41. The second-order valence-corrected chi connectivity index (χ2v) is 4.86. The fourth-order valence-corrected chi connectivity index (χ4v) is 2.03. The summed E-state index contributed by atoms with van der Waals surface area (Å²) in [5.74, 6) is 0.324. The molecule has 0 radical (unpaired) electrons. The standard InChI is InChI=1S/C12H11FIN3/c1-7-4-10(15)12(16-6-7)17-11-3-2-8(13)5-9(11)14/h2-6H,15H2,1H3,(H,16,17). The smallest absolute Gasteiger partial charge is 0.153 e. The normalized spacial score (nSPS) is 10.3. The highest BCUT2D eigenvalue weighted by Crippen LogP contribution is 2.25. The second kappa shape index (κ2) is 4.87. The van der Waals surface area contributed by atoms with Crippen LogP contribution < -0.4 is 11.1 Å². The lowest BCUT2D eigenvalue weighted by Gasteiger charge is -2.10. The fraction of sp³-hybridized carbons (Fsp3) is 0.0833. The van der Waals surface area contributed by atoms with Crippen molar-refractivity contribution in [1.29, 1.82) is 0 Å². The molecule has 5 heteroatoms. The number of nitrogen functional groups attached to an aromatic ring is 1. The summed E-state index contributed by atoms with van der Waals surface area (Å²) in [7, 11) is 0. The Bertz CT molecular complexity index is 508. The molecule has 3 nitrogen and oxygen atoms in total. The molecule has 0 fully saturated rings. The number of hydrogen-bond donors (Lipinski definition) is 2. The van der Waals surface area contributed by atoms with Gasteiger partial charge in [-0.1, -0.05) is 0 Å². The van der Waals surface area contributed by atoms with Crippen molar-refractivity contribution in [2.24, 2.45) is 0 Å². The van der Waals surface area contributed by atoms with E-state index in [1.165, 1.54) is 12.1 Å². The number of nitrogens with zero attached hydrogens (tertiary/aromatic N) is 1. The zero-order chi connectivity index (χ0) is 12.4. The van der Waals surface area contributed by atoms with Crippen LogP contribution in [0.4, 0.5) is 21.6 Å². The zero-order valence-electron chi connectivity index (χ0n) is 9.17. The predicted molar refractivity (Wildman–Crippen MR) is 75.8 cm³/mol. The summed E-state index contributed by atoms with van der Waals surface area (Å²) in [4.78, 5) is 4.20. The quantitative estimate of drug-likeness (QED) is 0.821. The molecule has 0 aliphatic rings. The van der Waals surface area contributed by atoms with E-state index in [0.717, 1.165) is 14.8 Å². The molecule has 0 aliphatic heterocycles. The summed E-state index contributed by atoms with van der Waals surface area (Å²) in [6, 6.07) is 6.35. The van der Waals surface area contributed by atoms with Crippen LogP contribution in [0.15, 0.2) is 30.5 Å². The number of hydrogen-bond acceptors (Lipinski definition) is 3. The first-order valence-electron chi connectivity index (χ1n) is 5.00. The summed E-state index contributed by atoms with van der Waals surface area (Å²) >= 11 is 2.06. The monoisotopic (exact) mass is 343 g/mol. The van der Waals surface area contributed by atoms with Gasteiger partial charge in [-0.3, -0.25) is 0 Å². The lowest BCUT2D eigenvalue weighted by atomic mass is 10.2. The lowest BCUT2D eigenvalue weighted by molar-refractivity contribution is 0.627. The number of anilines is 3. The molecule has 0 saturated carbocycles. The van der Waals surface area contributed by atoms with Crippen molar-refractivity contribution in [2.45, 2.75) is 6.92 Å². The molecule has 0 atom stereocenters. The molecule has 0 saturated heterocycles. The van der Waals surface area contributed by atoms with Gasteiger partial charge in [-0.25, -0.2) is 9.37 Å². The largest absolute Gasteiger partial charge is 0.396 e. The number of rotatable bonds is 2. The Morgan fingerprint density at radius 2 is 2.12 bits per heavy atom. The Morgan fingerprint density at radius 1 is 1.35 bits per heavy atom. The molecule has 0 unspecified atom stereocenters. The van der Waals surface area contributed by atoms with E-state index in [9.17, 15) is 4.39 Å². The van der Waals surface area contributed by atoms with E-state index in [-0.39, 0.29) is 5.82 Å². The minimum Gasteiger partial charge on any atom is -0.396 e. The minimum absolute atomic E-state index is 0.259. The van der Waals surface area contributed by atoms with Crippen LogP contribution in [0.2, 0.25) is 0 Å². The van der Waals surface area contributed by atoms with E-state index >= 15 is 0 Å². The zero-order valence-corrected chi connectivity index (χ0v) is 11.3. The number of nitrogens with one attached hydrogen (secondary N) is 1. The Kier molecular flexibility index (Phi) is 3.46. The molecule has 3 N–H and O–H groups in total. The molecule has 0 amide bonds. The van der Waals surface area contributed by atoms with Gasteiger partial charge in [0, 0.05) is 9.77 Å². The maximum Gasteiger partial charge on any atom is 0.153 e. The number of benzene rings is 1. The first-order valence-corrected chi connectivity index (χ1v) is 6.08. The Hall–Kier alpha value is -1.37. The molecule has 1 aromatic carbocycles. The van der Waals surface area contributed by atoms with Gasteiger partial charge in [-0.05, 0) is 59.3 Å². The van der Waals surface area contributed by atoms with Gasteiger partial charge < -0.3 is 11.1 Å². The van der Waals surface area contributed by atoms with Gasteiger partial charge in [0.25, 0.3) is 0 Å². The molecule has 2 rings (SSSR count). The van der Waals surface area contributed by atoms with Crippen LogP contribution in [-0.4, -0.2) is 4.98 Å². The van der Waals surface area contributed by atoms with Crippen molar-refractivity contribution in [2.75, 3.05) is 11.1 Å². The first-order chi connectivity index (χ1) is 8.06. The summed E-state index contributed by atoms with van der Waals surface area (Å²) < 4.78 is 13.7. The van der Waals surface area contributed by atoms with E-state index in [2.05, 4.69) is 32.9 Å². The molecule has 88 valence electrons. The van der Waals surface area contributed by atoms with Crippen LogP contribution in [0.3, 0.4) is 0 Å².